The Kier molecular flexibility index (Phi) is 7.63. The molecule has 0 aromatic heterocycles. The third kappa shape index (κ3) is 5.58. The van der Waals surface area contributed by atoms with Crippen LogP contribution < -0.4 is 9.47 Å². The molecule has 5 rings (SSSR count). The third-order valence-corrected chi connectivity index (χ3v) is 7.67. The molecule has 0 atom stereocenters. The average molecular weight is 574 g/mol. The van der Waals surface area contributed by atoms with E-state index in [2.05, 4.69) is 40.2 Å². The number of carbonyl (C=O) groups is 2. The van der Waals surface area contributed by atoms with Gasteiger partial charge in [-0.15, -0.1) is 0 Å². The monoisotopic (exact) mass is 573 g/mol. The molecule has 1 saturated heterocycles. The molecule has 1 heterocycles. The Morgan fingerprint density at radius 2 is 1.62 bits per heavy atom. The minimum absolute atomic E-state index is 0.217. The zero-order valence-electron chi connectivity index (χ0n) is 20.1. The standard InChI is InChI=1S/C30H24BrNO4S/c1-2-35-27-16-20(14-15-26(27)36-19-23-11-7-10-21-8-3-5-12-24(21)23)17-28-29(33)32(30(34)37-28)18-22-9-4-6-13-25(22)31/h3-17H,2,18-19H2,1H3/b28-17+. The van der Waals surface area contributed by atoms with E-state index < -0.39 is 0 Å². The summed E-state index contributed by atoms with van der Waals surface area (Å²) in [6, 6.07) is 27.5. The molecular formula is C30H24BrNO4S. The Morgan fingerprint density at radius 3 is 2.46 bits per heavy atom. The van der Waals surface area contributed by atoms with E-state index in [9.17, 15) is 9.59 Å². The van der Waals surface area contributed by atoms with Crippen molar-refractivity contribution in [3.05, 3.63) is 111 Å². The van der Waals surface area contributed by atoms with E-state index in [1.165, 1.54) is 4.90 Å². The Balaban J connectivity index is 1.35. The van der Waals surface area contributed by atoms with Crippen molar-refractivity contribution >= 4 is 55.7 Å². The molecule has 0 saturated carbocycles. The number of rotatable bonds is 8. The molecule has 1 aliphatic rings. The molecular weight excluding hydrogens is 550 g/mol. The molecule has 5 nitrogen and oxygen atoms in total. The van der Waals surface area contributed by atoms with Crippen LogP contribution in [0.2, 0.25) is 0 Å². The van der Waals surface area contributed by atoms with Gasteiger partial charge in [0.1, 0.15) is 6.61 Å². The Labute approximate surface area is 228 Å². The van der Waals surface area contributed by atoms with Gasteiger partial charge in [0.2, 0.25) is 0 Å². The lowest BCUT2D eigenvalue weighted by molar-refractivity contribution is -0.123. The van der Waals surface area contributed by atoms with E-state index in [1.807, 2.05) is 67.6 Å². The van der Waals surface area contributed by atoms with Crippen LogP contribution >= 0.6 is 27.7 Å². The van der Waals surface area contributed by atoms with Crippen molar-refractivity contribution in [1.82, 2.24) is 4.90 Å². The largest absolute Gasteiger partial charge is 0.490 e. The van der Waals surface area contributed by atoms with Crippen LogP contribution in [0.15, 0.2) is 94.3 Å². The van der Waals surface area contributed by atoms with Gasteiger partial charge in [0.05, 0.1) is 18.1 Å². The summed E-state index contributed by atoms with van der Waals surface area (Å²) in [7, 11) is 0. The van der Waals surface area contributed by atoms with E-state index in [4.69, 9.17) is 9.47 Å². The molecule has 7 heteroatoms. The topological polar surface area (TPSA) is 55.8 Å². The summed E-state index contributed by atoms with van der Waals surface area (Å²) in [4.78, 5) is 27.3. The first-order chi connectivity index (χ1) is 18.0. The smallest absolute Gasteiger partial charge is 0.293 e. The van der Waals surface area contributed by atoms with Gasteiger partial charge >= 0.3 is 0 Å². The summed E-state index contributed by atoms with van der Waals surface area (Å²) in [6.45, 7) is 2.99. The number of halogens is 1. The number of hydrogen-bond donors (Lipinski definition) is 0. The first-order valence-electron chi connectivity index (χ1n) is 11.9. The molecule has 0 unspecified atom stereocenters. The van der Waals surface area contributed by atoms with Gasteiger partial charge in [0, 0.05) is 4.47 Å². The van der Waals surface area contributed by atoms with Crippen molar-refractivity contribution in [3.63, 3.8) is 0 Å². The van der Waals surface area contributed by atoms with Crippen molar-refractivity contribution < 1.29 is 19.1 Å². The summed E-state index contributed by atoms with van der Waals surface area (Å²) >= 11 is 4.43. The zero-order valence-corrected chi connectivity index (χ0v) is 22.6. The maximum Gasteiger partial charge on any atom is 0.293 e. The second-order valence-electron chi connectivity index (χ2n) is 8.43. The molecule has 0 radical (unpaired) electrons. The van der Waals surface area contributed by atoms with Crippen molar-refractivity contribution in [2.24, 2.45) is 0 Å². The van der Waals surface area contributed by atoms with Crippen LogP contribution in [0.1, 0.15) is 23.6 Å². The molecule has 4 aromatic rings. The molecule has 0 aliphatic carbocycles. The average Bonchev–Trinajstić information content (AvgIpc) is 3.17. The number of thioether (sulfide) groups is 1. The SMILES string of the molecule is CCOc1cc(/C=C2/SC(=O)N(Cc3ccccc3Br)C2=O)ccc1OCc1cccc2ccccc12. The molecule has 4 aromatic carbocycles. The van der Waals surface area contributed by atoms with Crippen LogP contribution in [0.5, 0.6) is 11.5 Å². The number of fused-ring (bicyclic) bond motifs is 1. The predicted octanol–water partition coefficient (Wildman–Crippen LogP) is 7.82. The van der Waals surface area contributed by atoms with Crippen molar-refractivity contribution in [3.8, 4) is 11.5 Å². The number of imide groups is 1. The maximum absolute atomic E-state index is 13.0. The molecule has 1 aliphatic heterocycles. The quantitative estimate of drug-likeness (QED) is 0.201. The molecule has 37 heavy (non-hydrogen) atoms. The number of ether oxygens (including phenoxy) is 2. The van der Waals surface area contributed by atoms with Gasteiger partial charge in [-0.25, -0.2) is 0 Å². The number of amides is 2. The molecule has 0 spiro atoms. The normalized spacial score (nSPS) is 14.5. The summed E-state index contributed by atoms with van der Waals surface area (Å²) in [5.74, 6) is 0.901. The summed E-state index contributed by atoms with van der Waals surface area (Å²) < 4.78 is 12.9. The summed E-state index contributed by atoms with van der Waals surface area (Å²) in [6.07, 6.45) is 1.72. The van der Waals surface area contributed by atoms with E-state index in [0.717, 1.165) is 43.7 Å². The van der Waals surface area contributed by atoms with Gasteiger partial charge in [-0.2, -0.15) is 0 Å². The van der Waals surface area contributed by atoms with Crippen LogP contribution in [-0.4, -0.2) is 22.7 Å². The van der Waals surface area contributed by atoms with Gasteiger partial charge in [0.25, 0.3) is 11.1 Å². The summed E-state index contributed by atoms with van der Waals surface area (Å²) in [5, 5.41) is 2.03. The Morgan fingerprint density at radius 1 is 0.865 bits per heavy atom. The lowest BCUT2D eigenvalue weighted by atomic mass is 10.1. The van der Waals surface area contributed by atoms with Gasteiger partial charge in [-0.1, -0.05) is 82.7 Å². The second kappa shape index (κ2) is 11.2. The van der Waals surface area contributed by atoms with E-state index in [1.54, 1.807) is 6.08 Å². The highest BCUT2D eigenvalue weighted by atomic mass is 79.9. The first kappa shape index (κ1) is 25.1. The van der Waals surface area contributed by atoms with Gasteiger partial charge < -0.3 is 9.47 Å². The molecule has 2 amide bonds. The number of carbonyl (C=O) groups excluding carboxylic acids is 2. The van der Waals surface area contributed by atoms with Gasteiger partial charge in [0.15, 0.2) is 11.5 Å². The van der Waals surface area contributed by atoms with Crippen molar-refractivity contribution in [2.45, 2.75) is 20.1 Å². The van der Waals surface area contributed by atoms with E-state index in [0.29, 0.717) is 29.6 Å². The molecule has 186 valence electrons. The van der Waals surface area contributed by atoms with Crippen LogP contribution in [-0.2, 0) is 17.9 Å². The number of hydrogen-bond acceptors (Lipinski definition) is 5. The van der Waals surface area contributed by atoms with Crippen LogP contribution in [0.25, 0.3) is 16.8 Å². The van der Waals surface area contributed by atoms with Crippen molar-refractivity contribution in [2.75, 3.05) is 6.61 Å². The van der Waals surface area contributed by atoms with Gasteiger partial charge in [-0.3, -0.25) is 14.5 Å². The lowest BCUT2D eigenvalue weighted by Crippen LogP contribution is -2.27. The highest BCUT2D eigenvalue weighted by Gasteiger charge is 2.35. The molecule has 0 bridgehead atoms. The van der Waals surface area contributed by atoms with Crippen LogP contribution in [0, 0.1) is 0 Å². The highest BCUT2D eigenvalue weighted by Crippen LogP contribution is 2.36. The third-order valence-electron chi connectivity index (χ3n) is 5.99. The van der Waals surface area contributed by atoms with Gasteiger partial charge in [-0.05, 0) is 70.4 Å². The summed E-state index contributed by atoms with van der Waals surface area (Å²) in [5.41, 5.74) is 2.72. The fourth-order valence-corrected chi connectivity index (χ4v) is 5.41. The second-order valence-corrected chi connectivity index (χ2v) is 10.3. The maximum atomic E-state index is 13.0. The first-order valence-corrected chi connectivity index (χ1v) is 13.5. The van der Waals surface area contributed by atoms with Crippen LogP contribution in [0.3, 0.4) is 0 Å². The predicted molar refractivity (Wildman–Crippen MR) is 152 cm³/mol. The fourth-order valence-electron chi connectivity index (χ4n) is 4.16. The zero-order chi connectivity index (χ0) is 25.8. The molecule has 1 fully saturated rings. The molecule has 0 N–H and O–H groups in total. The fraction of sp³-hybridized carbons (Fsp3) is 0.133. The number of benzene rings is 4. The number of nitrogens with zero attached hydrogens (tertiary/aromatic N) is 1. The minimum Gasteiger partial charge on any atom is -0.490 e. The highest BCUT2D eigenvalue weighted by molar-refractivity contribution is 9.10. The Bertz CT molecular complexity index is 1510. The Hall–Kier alpha value is -3.55. The van der Waals surface area contributed by atoms with E-state index in [-0.39, 0.29) is 17.7 Å². The van der Waals surface area contributed by atoms with Crippen molar-refractivity contribution in [1.29, 1.82) is 0 Å². The van der Waals surface area contributed by atoms with Crippen LogP contribution in [0.4, 0.5) is 4.79 Å². The van der Waals surface area contributed by atoms with E-state index >= 15 is 0 Å². The lowest BCUT2D eigenvalue weighted by Gasteiger charge is -2.14. The minimum atomic E-state index is -0.306.